The second-order valence-corrected chi connectivity index (χ2v) is 8.81. The summed E-state index contributed by atoms with van der Waals surface area (Å²) < 4.78 is 27.0. The van der Waals surface area contributed by atoms with Gasteiger partial charge in [0.2, 0.25) is 11.8 Å². The van der Waals surface area contributed by atoms with Crippen molar-refractivity contribution in [3.63, 3.8) is 0 Å². The van der Waals surface area contributed by atoms with Crippen LogP contribution in [-0.4, -0.2) is 63.1 Å². The lowest BCUT2D eigenvalue weighted by molar-refractivity contribution is 0.122. The predicted octanol–water partition coefficient (Wildman–Crippen LogP) is 4.51. The lowest BCUT2D eigenvalue weighted by atomic mass is 10.1. The molecule has 1 aliphatic rings. The Morgan fingerprint density at radius 1 is 0.897 bits per heavy atom. The standard InChI is InChI=1S/C28H25FN8O2/c1-38-25-10-5-20(16-30-25)27-32-18-37(35-27)22-8-6-21(7-9-22)33-28-31-17-24(29)26(34-28)19-3-2-4-23(15-19)36-11-13-39-14-12-36/h2-10,15-18H,11-14H2,1H3,(H,31,33,34). The van der Waals surface area contributed by atoms with Gasteiger partial charge in [-0.3, -0.25) is 0 Å². The number of ether oxygens (including phenoxy) is 2. The van der Waals surface area contributed by atoms with Gasteiger partial charge in [-0.2, -0.15) is 0 Å². The van der Waals surface area contributed by atoms with E-state index in [2.05, 4.69) is 35.3 Å². The van der Waals surface area contributed by atoms with E-state index in [-0.39, 0.29) is 5.69 Å². The Kier molecular flexibility index (Phi) is 6.79. The third-order valence-electron chi connectivity index (χ3n) is 6.32. The van der Waals surface area contributed by atoms with Crippen LogP contribution in [0.4, 0.5) is 21.7 Å². The van der Waals surface area contributed by atoms with Crippen LogP contribution in [0.1, 0.15) is 0 Å². The van der Waals surface area contributed by atoms with Gasteiger partial charge in [-0.1, -0.05) is 12.1 Å². The third-order valence-corrected chi connectivity index (χ3v) is 6.32. The molecule has 1 saturated heterocycles. The number of benzene rings is 2. The number of hydrogen-bond donors (Lipinski definition) is 1. The minimum absolute atomic E-state index is 0.238. The molecule has 0 saturated carbocycles. The fraction of sp³-hybridized carbons (Fsp3) is 0.179. The Balaban J connectivity index is 1.18. The summed E-state index contributed by atoms with van der Waals surface area (Å²) in [6.07, 6.45) is 4.50. The zero-order chi connectivity index (χ0) is 26.6. The molecule has 4 heterocycles. The van der Waals surface area contributed by atoms with Gasteiger partial charge in [-0.25, -0.2) is 29.0 Å². The van der Waals surface area contributed by atoms with E-state index in [1.807, 2.05) is 54.6 Å². The number of nitrogens with zero attached hydrogens (tertiary/aromatic N) is 7. The number of aromatic nitrogens is 6. The van der Waals surface area contributed by atoms with Crippen molar-refractivity contribution in [1.29, 1.82) is 0 Å². The molecule has 10 nitrogen and oxygen atoms in total. The maximum absolute atomic E-state index is 14.8. The Hall–Kier alpha value is -4.90. The van der Waals surface area contributed by atoms with E-state index >= 15 is 0 Å². The highest BCUT2D eigenvalue weighted by atomic mass is 19.1. The van der Waals surface area contributed by atoms with Crippen molar-refractivity contribution in [2.75, 3.05) is 43.6 Å². The molecule has 0 bridgehead atoms. The van der Waals surface area contributed by atoms with E-state index in [1.165, 1.54) is 6.20 Å². The summed E-state index contributed by atoms with van der Waals surface area (Å²) in [5.74, 6) is 0.896. The maximum atomic E-state index is 14.8. The second-order valence-electron chi connectivity index (χ2n) is 8.81. The van der Waals surface area contributed by atoms with E-state index in [1.54, 1.807) is 30.4 Å². The van der Waals surface area contributed by atoms with Crippen molar-refractivity contribution in [1.82, 2.24) is 29.7 Å². The fourth-order valence-corrected chi connectivity index (χ4v) is 4.28. The number of pyridine rings is 1. The van der Waals surface area contributed by atoms with E-state index < -0.39 is 5.82 Å². The molecule has 3 aromatic heterocycles. The van der Waals surface area contributed by atoms with E-state index in [9.17, 15) is 4.39 Å². The van der Waals surface area contributed by atoms with Crippen molar-refractivity contribution < 1.29 is 13.9 Å². The van der Waals surface area contributed by atoms with Gasteiger partial charge in [-0.05, 0) is 42.5 Å². The average Bonchev–Trinajstić information content (AvgIpc) is 3.50. The number of nitrogens with one attached hydrogen (secondary N) is 1. The Morgan fingerprint density at radius 2 is 1.74 bits per heavy atom. The number of halogens is 1. The first-order chi connectivity index (χ1) is 19.2. The first-order valence-corrected chi connectivity index (χ1v) is 12.4. The van der Waals surface area contributed by atoms with Gasteiger partial charge >= 0.3 is 0 Å². The zero-order valence-electron chi connectivity index (χ0n) is 21.2. The van der Waals surface area contributed by atoms with E-state index in [0.717, 1.165) is 35.7 Å². The van der Waals surface area contributed by atoms with Crippen LogP contribution in [0.2, 0.25) is 0 Å². The Labute approximate surface area is 224 Å². The van der Waals surface area contributed by atoms with Crippen molar-refractivity contribution in [3.05, 3.63) is 85.2 Å². The monoisotopic (exact) mass is 524 g/mol. The zero-order valence-corrected chi connectivity index (χ0v) is 21.2. The number of rotatable bonds is 7. The van der Waals surface area contributed by atoms with Crippen LogP contribution in [-0.2, 0) is 4.74 Å². The second kappa shape index (κ2) is 10.8. The first kappa shape index (κ1) is 24.4. The highest BCUT2D eigenvalue weighted by molar-refractivity contribution is 5.68. The molecule has 0 atom stereocenters. The van der Waals surface area contributed by atoms with Gasteiger partial charge in [0, 0.05) is 47.9 Å². The highest BCUT2D eigenvalue weighted by Crippen LogP contribution is 2.27. The van der Waals surface area contributed by atoms with Crippen LogP contribution in [0.25, 0.3) is 28.3 Å². The lowest BCUT2D eigenvalue weighted by Crippen LogP contribution is -2.36. The van der Waals surface area contributed by atoms with Crippen molar-refractivity contribution >= 4 is 17.3 Å². The molecular weight excluding hydrogens is 499 g/mol. The van der Waals surface area contributed by atoms with Crippen molar-refractivity contribution in [2.24, 2.45) is 0 Å². The van der Waals surface area contributed by atoms with Gasteiger partial charge < -0.3 is 19.7 Å². The van der Waals surface area contributed by atoms with Crippen LogP contribution >= 0.6 is 0 Å². The van der Waals surface area contributed by atoms with Crippen LogP contribution in [0.15, 0.2) is 79.4 Å². The molecule has 0 unspecified atom stereocenters. The minimum Gasteiger partial charge on any atom is -0.481 e. The van der Waals surface area contributed by atoms with Gasteiger partial charge in [0.15, 0.2) is 11.6 Å². The number of hydrogen-bond acceptors (Lipinski definition) is 9. The summed E-state index contributed by atoms with van der Waals surface area (Å²) in [5, 5.41) is 7.70. The molecule has 0 spiro atoms. The highest BCUT2D eigenvalue weighted by Gasteiger charge is 2.15. The fourth-order valence-electron chi connectivity index (χ4n) is 4.28. The summed E-state index contributed by atoms with van der Waals surface area (Å²) in [4.78, 5) is 19.4. The first-order valence-electron chi connectivity index (χ1n) is 12.4. The molecule has 196 valence electrons. The molecule has 0 radical (unpaired) electrons. The number of morpholine rings is 1. The molecule has 5 aromatic rings. The molecule has 1 N–H and O–H groups in total. The quantitative estimate of drug-likeness (QED) is 0.329. The van der Waals surface area contributed by atoms with Crippen LogP contribution in [0.3, 0.4) is 0 Å². The predicted molar refractivity (Wildman–Crippen MR) is 145 cm³/mol. The van der Waals surface area contributed by atoms with Crippen LogP contribution < -0.4 is 15.0 Å². The molecule has 1 fully saturated rings. The molecule has 1 aliphatic heterocycles. The van der Waals surface area contributed by atoms with Crippen LogP contribution in [0, 0.1) is 5.82 Å². The molecule has 6 rings (SSSR count). The molecule has 39 heavy (non-hydrogen) atoms. The molecule has 0 amide bonds. The molecule has 11 heteroatoms. The summed E-state index contributed by atoms with van der Waals surface area (Å²) in [6, 6.07) is 18.9. The minimum atomic E-state index is -0.482. The Morgan fingerprint density at radius 3 is 2.51 bits per heavy atom. The molecule has 0 aliphatic carbocycles. The largest absolute Gasteiger partial charge is 0.481 e. The Bertz CT molecular complexity index is 1570. The van der Waals surface area contributed by atoms with Crippen molar-refractivity contribution in [3.8, 4) is 34.2 Å². The number of anilines is 3. The number of methoxy groups -OCH3 is 1. The van der Waals surface area contributed by atoms with Gasteiger partial charge in [-0.15, -0.1) is 5.10 Å². The van der Waals surface area contributed by atoms with Crippen molar-refractivity contribution in [2.45, 2.75) is 0 Å². The normalized spacial score (nSPS) is 13.3. The van der Waals surface area contributed by atoms with E-state index in [0.29, 0.717) is 36.4 Å². The van der Waals surface area contributed by atoms with Crippen LogP contribution in [0.5, 0.6) is 5.88 Å². The van der Waals surface area contributed by atoms with Gasteiger partial charge in [0.25, 0.3) is 0 Å². The molecule has 2 aromatic carbocycles. The third kappa shape index (κ3) is 5.39. The van der Waals surface area contributed by atoms with Gasteiger partial charge in [0.05, 0.1) is 32.2 Å². The smallest absolute Gasteiger partial charge is 0.227 e. The average molecular weight is 525 g/mol. The summed E-state index contributed by atoms with van der Waals surface area (Å²) in [7, 11) is 1.57. The maximum Gasteiger partial charge on any atom is 0.227 e. The summed E-state index contributed by atoms with van der Waals surface area (Å²) >= 11 is 0. The van der Waals surface area contributed by atoms with Gasteiger partial charge in [0.1, 0.15) is 12.0 Å². The lowest BCUT2D eigenvalue weighted by Gasteiger charge is -2.29. The summed E-state index contributed by atoms with van der Waals surface area (Å²) in [6.45, 7) is 2.95. The van der Waals surface area contributed by atoms with E-state index in [4.69, 9.17) is 9.47 Å². The summed E-state index contributed by atoms with van der Waals surface area (Å²) in [5.41, 5.74) is 4.29. The molecular formula is C28H25FN8O2. The SMILES string of the molecule is COc1ccc(-c2ncn(-c3ccc(Nc4ncc(F)c(-c5cccc(N6CCOCC6)c5)n4)cc3)n2)cn1. The topological polar surface area (TPSA) is 103 Å².